The SMILES string of the molecule is Cc1ccccc1C(=O)CN(C)CC(C)C#N. The van der Waals surface area contributed by atoms with Gasteiger partial charge in [-0.2, -0.15) is 5.26 Å². The Morgan fingerprint density at radius 3 is 2.71 bits per heavy atom. The molecule has 90 valence electrons. The molecular weight excluding hydrogens is 212 g/mol. The lowest BCUT2D eigenvalue weighted by molar-refractivity contribution is 0.0942. The van der Waals surface area contributed by atoms with Gasteiger partial charge in [0, 0.05) is 12.1 Å². The van der Waals surface area contributed by atoms with Gasteiger partial charge in [0.2, 0.25) is 0 Å². The number of carbonyl (C=O) groups excluding carboxylic acids is 1. The van der Waals surface area contributed by atoms with Crippen LogP contribution >= 0.6 is 0 Å². The van der Waals surface area contributed by atoms with Crippen molar-refractivity contribution < 1.29 is 4.79 Å². The number of ketones is 1. The molecule has 0 spiro atoms. The maximum Gasteiger partial charge on any atom is 0.177 e. The van der Waals surface area contributed by atoms with E-state index >= 15 is 0 Å². The first-order valence-electron chi connectivity index (χ1n) is 5.71. The van der Waals surface area contributed by atoms with E-state index in [1.54, 1.807) is 0 Å². The molecule has 0 N–H and O–H groups in total. The number of hydrogen-bond donors (Lipinski definition) is 0. The molecule has 0 saturated heterocycles. The molecule has 0 amide bonds. The predicted octanol–water partition coefficient (Wildman–Crippen LogP) is 2.27. The average molecular weight is 230 g/mol. The molecule has 0 aliphatic heterocycles. The smallest absolute Gasteiger partial charge is 0.177 e. The third-order valence-corrected chi connectivity index (χ3v) is 2.66. The summed E-state index contributed by atoms with van der Waals surface area (Å²) in [6.45, 7) is 4.77. The summed E-state index contributed by atoms with van der Waals surface area (Å²) >= 11 is 0. The fraction of sp³-hybridized carbons (Fsp3) is 0.429. The largest absolute Gasteiger partial charge is 0.298 e. The van der Waals surface area contributed by atoms with Crippen LogP contribution in [-0.4, -0.2) is 30.8 Å². The first-order valence-corrected chi connectivity index (χ1v) is 5.71. The van der Waals surface area contributed by atoms with Gasteiger partial charge in [0.15, 0.2) is 5.78 Å². The van der Waals surface area contributed by atoms with Crippen LogP contribution in [0.3, 0.4) is 0 Å². The Kier molecular flexibility index (Phi) is 4.86. The third kappa shape index (κ3) is 4.01. The van der Waals surface area contributed by atoms with Crippen LogP contribution in [0, 0.1) is 24.2 Å². The van der Waals surface area contributed by atoms with Gasteiger partial charge in [-0.15, -0.1) is 0 Å². The van der Waals surface area contributed by atoms with Crippen LogP contribution in [0.5, 0.6) is 0 Å². The summed E-state index contributed by atoms with van der Waals surface area (Å²) in [5.41, 5.74) is 1.77. The molecule has 0 heterocycles. The fourth-order valence-electron chi connectivity index (χ4n) is 1.79. The summed E-state index contributed by atoms with van der Waals surface area (Å²) in [5, 5.41) is 8.72. The van der Waals surface area contributed by atoms with Crippen molar-refractivity contribution in [2.45, 2.75) is 13.8 Å². The molecule has 1 rings (SSSR count). The third-order valence-electron chi connectivity index (χ3n) is 2.66. The maximum atomic E-state index is 12.0. The summed E-state index contributed by atoms with van der Waals surface area (Å²) < 4.78 is 0. The molecule has 0 saturated carbocycles. The Bertz CT molecular complexity index is 434. The zero-order chi connectivity index (χ0) is 12.8. The Labute approximate surface area is 103 Å². The molecule has 1 unspecified atom stereocenters. The Morgan fingerprint density at radius 2 is 2.12 bits per heavy atom. The summed E-state index contributed by atoms with van der Waals surface area (Å²) in [6.07, 6.45) is 0. The van der Waals surface area contributed by atoms with E-state index in [1.165, 1.54) is 0 Å². The zero-order valence-corrected chi connectivity index (χ0v) is 10.6. The number of hydrogen-bond acceptors (Lipinski definition) is 3. The molecule has 17 heavy (non-hydrogen) atoms. The summed E-state index contributed by atoms with van der Waals surface area (Å²) in [7, 11) is 1.87. The second-order valence-electron chi connectivity index (χ2n) is 4.46. The fourth-order valence-corrected chi connectivity index (χ4v) is 1.79. The molecular formula is C14H18N2O. The predicted molar refractivity (Wildman–Crippen MR) is 67.8 cm³/mol. The van der Waals surface area contributed by atoms with Gasteiger partial charge >= 0.3 is 0 Å². The average Bonchev–Trinajstić information content (AvgIpc) is 2.29. The number of aryl methyl sites for hydroxylation is 1. The highest BCUT2D eigenvalue weighted by Gasteiger charge is 2.12. The van der Waals surface area contributed by atoms with Crippen LogP contribution in [0.25, 0.3) is 0 Å². The van der Waals surface area contributed by atoms with Crippen molar-refractivity contribution >= 4 is 5.78 Å². The molecule has 1 aromatic rings. The lowest BCUT2D eigenvalue weighted by Crippen LogP contribution is -2.30. The van der Waals surface area contributed by atoms with E-state index in [9.17, 15) is 4.79 Å². The quantitative estimate of drug-likeness (QED) is 0.729. The van der Waals surface area contributed by atoms with Crippen LogP contribution in [0.2, 0.25) is 0 Å². The van der Waals surface area contributed by atoms with Crippen molar-refractivity contribution in [3.8, 4) is 6.07 Å². The van der Waals surface area contributed by atoms with E-state index in [2.05, 4.69) is 6.07 Å². The molecule has 3 nitrogen and oxygen atoms in total. The molecule has 0 radical (unpaired) electrons. The topological polar surface area (TPSA) is 44.1 Å². The highest BCUT2D eigenvalue weighted by molar-refractivity contribution is 5.98. The molecule has 0 aromatic heterocycles. The molecule has 0 fully saturated rings. The van der Waals surface area contributed by atoms with Gasteiger partial charge in [-0.05, 0) is 26.5 Å². The van der Waals surface area contributed by atoms with E-state index in [1.807, 2.05) is 50.1 Å². The van der Waals surface area contributed by atoms with Crippen molar-refractivity contribution in [2.75, 3.05) is 20.1 Å². The minimum atomic E-state index is -0.0512. The molecule has 0 aliphatic rings. The van der Waals surface area contributed by atoms with E-state index in [-0.39, 0.29) is 11.7 Å². The van der Waals surface area contributed by atoms with E-state index in [0.717, 1.165) is 11.1 Å². The molecule has 1 aromatic carbocycles. The van der Waals surface area contributed by atoms with Crippen molar-refractivity contribution in [1.82, 2.24) is 4.90 Å². The van der Waals surface area contributed by atoms with Gasteiger partial charge < -0.3 is 0 Å². The summed E-state index contributed by atoms with van der Waals surface area (Å²) in [4.78, 5) is 13.9. The van der Waals surface area contributed by atoms with Gasteiger partial charge in [0.1, 0.15) is 0 Å². The van der Waals surface area contributed by atoms with Crippen molar-refractivity contribution in [3.63, 3.8) is 0 Å². The van der Waals surface area contributed by atoms with Gasteiger partial charge in [-0.25, -0.2) is 0 Å². The minimum Gasteiger partial charge on any atom is -0.298 e. The number of nitrogens with zero attached hydrogens (tertiary/aromatic N) is 2. The van der Waals surface area contributed by atoms with E-state index in [4.69, 9.17) is 5.26 Å². The van der Waals surface area contributed by atoms with Crippen LogP contribution in [-0.2, 0) is 0 Å². The summed E-state index contributed by atoms with van der Waals surface area (Å²) in [6, 6.07) is 9.75. The highest BCUT2D eigenvalue weighted by Crippen LogP contribution is 2.08. The lowest BCUT2D eigenvalue weighted by Gasteiger charge is -2.17. The molecule has 3 heteroatoms. The van der Waals surface area contributed by atoms with E-state index in [0.29, 0.717) is 13.1 Å². The Balaban J connectivity index is 2.62. The monoisotopic (exact) mass is 230 g/mol. The van der Waals surface area contributed by atoms with Gasteiger partial charge in [-0.1, -0.05) is 24.3 Å². The van der Waals surface area contributed by atoms with Crippen molar-refractivity contribution in [3.05, 3.63) is 35.4 Å². The number of nitriles is 1. The van der Waals surface area contributed by atoms with Gasteiger partial charge in [0.25, 0.3) is 0 Å². The Morgan fingerprint density at radius 1 is 1.47 bits per heavy atom. The second-order valence-corrected chi connectivity index (χ2v) is 4.46. The van der Waals surface area contributed by atoms with Crippen LogP contribution in [0.4, 0.5) is 0 Å². The number of rotatable bonds is 5. The van der Waals surface area contributed by atoms with Crippen LogP contribution < -0.4 is 0 Å². The highest BCUT2D eigenvalue weighted by atomic mass is 16.1. The number of benzene rings is 1. The van der Waals surface area contributed by atoms with Crippen LogP contribution in [0.1, 0.15) is 22.8 Å². The van der Waals surface area contributed by atoms with E-state index < -0.39 is 0 Å². The lowest BCUT2D eigenvalue weighted by atomic mass is 10.0. The number of likely N-dealkylation sites (N-methyl/N-ethyl adjacent to an activating group) is 1. The zero-order valence-electron chi connectivity index (χ0n) is 10.6. The normalized spacial score (nSPS) is 12.2. The number of Topliss-reactive ketones (excluding diaryl/α,β-unsaturated/α-hetero) is 1. The van der Waals surface area contributed by atoms with Gasteiger partial charge in [0.05, 0.1) is 18.5 Å². The van der Waals surface area contributed by atoms with Crippen molar-refractivity contribution in [1.29, 1.82) is 5.26 Å². The Hall–Kier alpha value is -1.66. The summed E-state index contributed by atoms with van der Waals surface area (Å²) in [5.74, 6) is 0.0559. The second kappa shape index (κ2) is 6.17. The van der Waals surface area contributed by atoms with Crippen LogP contribution in [0.15, 0.2) is 24.3 Å². The van der Waals surface area contributed by atoms with Crippen molar-refractivity contribution in [2.24, 2.45) is 5.92 Å². The molecule has 0 aliphatic carbocycles. The number of carbonyl (C=O) groups is 1. The first-order chi connectivity index (χ1) is 8.04. The maximum absolute atomic E-state index is 12.0. The van der Waals surface area contributed by atoms with Gasteiger partial charge in [-0.3, -0.25) is 9.69 Å². The standard InChI is InChI=1S/C14H18N2O/c1-11(8-15)9-16(3)10-14(17)13-7-5-4-6-12(13)2/h4-7,11H,9-10H2,1-3H3. The first kappa shape index (κ1) is 13.4. The molecule has 1 atom stereocenters. The molecule has 0 bridgehead atoms. The minimum absolute atomic E-state index is 0.0512.